The number of carbonyl (C=O) groups excluding carboxylic acids is 1. The molecule has 4 heteroatoms. The van der Waals surface area contributed by atoms with Crippen LogP contribution in [0.1, 0.15) is 37.6 Å². The van der Waals surface area contributed by atoms with Crippen molar-refractivity contribution in [3.8, 4) is 5.75 Å². The van der Waals surface area contributed by atoms with Gasteiger partial charge in [-0.05, 0) is 38.5 Å². The van der Waals surface area contributed by atoms with Crippen LogP contribution in [0.2, 0.25) is 0 Å². The Hall–Kier alpha value is -1.71. The Morgan fingerprint density at radius 2 is 2.12 bits per heavy atom. The molecule has 0 aliphatic heterocycles. The molecule has 4 nitrogen and oxygen atoms in total. The maximum absolute atomic E-state index is 11.7. The molecule has 0 aromatic heterocycles. The van der Waals surface area contributed by atoms with E-state index in [-0.39, 0.29) is 6.10 Å². The van der Waals surface area contributed by atoms with E-state index < -0.39 is 5.97 Å². The fourth-order valence-electron chi connectivity index (χ4n) is 1.30. The molecule has 2 N–H and O–H groups in total. The Morgan fingerprint density at radius 1 is 1.41 bits per heavy atom. The molecule has 0 saturated carbocycles. The van der Waals surface area contributed by atoms with Gasteiger partial charge in [-0.2, -0.15) is 0 Å². The Morgan fingerprint density at radius 3 is 2.71 bits per heavy atom. The minimum atomic E-state index is -0.417. The van der Waals surface area contributed by atoms with Gasteiger partial charge in [-0.25, -0.2) is 4.79 Å². The van der Waals surface area contributed by atoms with Crippen LogP contribution in [0.4, 0.5) is 5.69 Å². The number of esters is 1. The third-order valence-corrected chi connectivity index (χ3v) is 2.06. The van der Waals surface area contributed by atoms with Crippen LogP contribution in [-0.2, 0) is 4.74 Å². The van der Waals surface area contributed by atoms with Crippen molar-refractivity contribution in [3.63, 3.8) is 0 Å². The van der Waals surface area contributed by atoms with Crippen molar-refractivity contribution < 1.29 is 14.3 Å². The van der Waals surface area contributed by atoms with Gasteiger partial charge in [0.1, 0.15) is 5.75 Å². The number of nitrogen functional groups attached to an aromatic ring is 1. The summed E-state index contributed by atoms with van der Waals surface area (Å²) in [5, 5.41) is 0. The molecule has 0 aliphatic carbocycles. The van der Waals surface area contributed by atoms with Crippen LogP contribution >= 0.6 is 0 Å². The number of ether oxygens (including phenoxy) is 2. The number of hydrogen-bond acceptors (Lipinski definition) is 4. The third-order valence-electron chi connectivity index (χ3n) is 2.06. The number of hydrogen-bond donors (Lipinski definition) is 1. The van der Waals surface area contributed by atoms with Gasteiger partial charge in [0.25, 0.3) is 0 Å². The van der Waals surface area contributed by atoms with Crippen molar-refractivity contribution in [2.24, 2.45) is 0 Å². The monoisotopic (exact) mass is 237 g/mol. The number of nitrogens with two attached hydrogens (primary N) is 1. The molecule has 0 saturated heterocycles. The summed E-state index contributed by atoms with van der Waals surface area (Å²) in [6.07, 6.45) is 0.748. The summed E-state index contributed by atoms with van der Waals surface area (Å²) in [5.41, 5.74) is 6.49. The highest BCUT2D eigenvalue weighted by Crippen LogP contribution is 2.21. The van der Waals surface area contributed by atoms with Crippen molar-refractivity contribution in [1.29, 1.82) is 0 Å². The molecule has 0 radical (unpaired) electrons. The summed E-state index contributed by atoms with van der Waals surface area (Å²) in [7, 11) is 0. The molecule has 1 aromatic carbocycles. The van der Waals surface area contributed by atoms with Crippen LogP contribution in [-0.4, -0.2) is 18.7 Å². The maximum Gasteiger partial charge on any atom is 0.340 e. The van der Waals surface area contributed by atoms with Crippen LogP contribution < -0.4 is 10.5 Å². The van der Waals surface area contributed by atoms with Gasteiger partial charge in [0.05, 0.1) is 18.3 Å². The normalized spacial score (nSPS) is 10.4. The van der Waals surface area contributed by atoms with Gasteiger partial charge in [0, 0.05) is 5.69 Å². The molecule has 94 valence electrons. The lowest BCUT2D eigenvalue weighted by molar-refractivity contribution is 0.0378. The largest absolute Gasteiger partial charge is 0.494 e. The van der Waals surface area contributed by atoms with Crippen molar-refractivity contribution in [2.75, 3.05) is 12.3 Å². The predicted octanol–water partition coefficient (Wildman–Crippen LogP) is 2.62. The first-order valence-electron chi connectivity index (χ1n) is 5.78. The molecule has 0 unspecified atom stereocenters. The average Bonchev–Trinajstić information content (AvgIpc) is 2.27. The summed E-state index contributed by atoms with van der Waals surface area (Å²) in [6, 6.07) is 5.02. The van der Waals surface area contributed by atoms with Crippen LogP contribution in [0.5, 0.6) is 5.75 Å². The van der Waals surface area contributed by atoms with E-state index in [2.05, 4.69) is 0 Å². The van der Waals surface area contributed by atoms with Gasteiger partial charge in [0.2, 0.25) is 0 Å². The van der Waals surface area contributed by atoms with Crippen LogP contribution in [0.25, 0.3) is 0 Å². The molecule has 0 bridgehead atoms. The molecule has 0 amide bonds. The van der Waals surface area contributed by atoms with E-state index in [1.165, 1.54) is 0 Å². The van der Waals surface area contributed by atoms with Gasteiger partial charge in [-0.1, -0.05) is 6.92 Å². The average molecular weight is 237 g/mol. The van der Waals surface area contributed by atoms with Gasteiger partial charge >= 0.3 is 5.97 Å². The van der Waals surface area contributed by atoms with Crippen LogP contribution in [0.3, 0.4) is 0 Å². The van der Waals surface area contributed by atoms with E-state index in [0.717, 1.165) is 6.42 Å². The van der Waals surface area contributed by atoms with Crippen molar-refractivity contribution >= 4 is 11.7 Å². The zero-order chi connectivity index (χ0) is 12.8. The first-order chi connectivity index (χ1) is 8.04. The number of rotatable bonds is 5. The fraction of sp³-hybridized carbons (Fsp3) is 0.462. The van der Waals surface area contributed by atoms with Crippen molar-refractivity contribution in [1.82, 2.24) is 0 Å². The number of benzene rings is 1. The Bertz CT molecular complexity index is 388. The molecule has 0 aliphatic rings. The van der Waals surface area contributed by atoms with E-state index in [4.69, 9.17) is 15.2 Å². The number of anilines is 1. The Labute approximate surface area is 102 Å². The molecule has 0 fully saturated rings. The van der Waals surface area contributed by atoms with E-state index in [1.54, 1.807) is 32.0 Å². The highest BCUT2D eigenvalue weighted by molar-refractivity contribution is 5.95. The zero-order valence-electron chi connectivity index (χ0n) is 10.5. The third kappa shape index (κ3) is 3.98. The van der Waals surface area contributed by atoms with Gasteiger partial charge in [-0.3, -0.25) is 0 Å². The predicted molar refractivity (Wildman–Crippen MR) is 67.2 cm³/mol. The second-order valence-corrected chi connectivity index (χ2v) is 4.05. The summed E-state index contributed by atoms with van der Waals surface area (Å²) in [6.45, 7) is 6.23. The maximum atomic E-state index is 11.7. The summed E-state index contributed by atoms with van der Waals surface area (Å²) < 4.78 is 10.5. The molecular formula is C13H19NO3. The SMILES string of the molecule is CCCOc1ccc(N)c(C(=O)OC(C)C)c1. The van der Waals surface area contributed by atoms with Crippen LogP contribution in [0.15, 0.2) is 18.2 Å². The van der Waals surface area contributed by atoms with E-state index >= 15 is 0 Å². The minimum absolute atomic E-state index is 0.165. The smallest absolute Gasteiger partial charge is 0.340 e. The first kappa shape index (κ1) is 13.4. The fourth-order valence-corrected chi connectivity index (χ4v) is 1.30. The number of carbonyl (C=O) groups is 1. The highest BCUT2D eigenvalue weighted by atomic mass is 16.5. The first-order valence-corrected chi connectivity index (χ1v) is 5.78. The lowest BCUT2D eigenvalue weighted by Gasteiger charge is -2.11. The molecule has 0 atom stereocenters. The van der Waals surface area contributed by atoms with Gasteiger partial charge in [0.15, 0.2) is 0 Å². The molecule has 1 rings (SSSR count). The molecule has 1 aromatic rings. The molecule has 17 heavy (non-hydrogen) atoms. The standard InChI is InChI=1S/C13H19NO3/c1-4-7-16-10-5-6-12(14)11(8-10)13(15)17-9(2)3/h5-6,8-9H,4,7,14H2,1-3H3. The summed E-state index contributed by atoms with van der Waals surface area (Å²) >= 11 is 0. The van der Waals surface area contributed by atoms with E-state index in [9.17, 15) is 4.79 Å². The lowest BCUT2D eigenvalue weighted by atomic mass is 10.1. The Balaban J connectivity index is 2.86. The molecular weight excluding hydrogens is 218 g/mol. The highest BCUT2D eigenvalue weighted by Gasteiger charge is 2.13. The lowest BCUT2D eigenvalue weighted by Crippen LogP contribution is -2.13. The summed E-state index contributed by atoms with van der Waals surface area (Å²) in [4.78, 5) is 11.7. The van der Waals surface area contributed by atoms with Gasteiger partial charge in [-0.15, -0.1) is 0 Å². The van der Waals surface area contributed by atoms with Crippen LogP contribution in [0, 0.1) is 0 Å². The second-order valence-electron chi connectivity index (χ2n) is 4.05. The van der Waals surface area contributed by atoms with Crippen molar-refractivity contribution in [3.05, 3.63) is 23.8 Å². The quantitative estimate of drug-likeness (QED) is 0.631. The molecule has 0 heterocycles. The van der Waals surface area contributed by atoms with Crippen molar-refractivity contribution in [2.45, 2.75) is 33.3 Å². The topological polar surface area (TPSA) is 61.5 Å². The summed E-state index contributed by atoms with van der Waals surface area (Å²) in [5.74, 6) is 0.219. The van der Waals surface area contributed by atoms with E-state index in [0.29, 0.717) is 23.6 Å². The van der Waals surface area contributed by atoms with Gasteiger partial charge < -0.3 is 15.2 Å². The molecule has 0 spiro atoms. The zero-order valence-corrected chi connectivity index (χ0v) is 10.5. The Kier molecular flexibility index (Phi) is 4.82. The second kappa shape index (κ2) is 6.13. The van der Waals surface area contributed by atoms with E-state index in [1.807, 2.05) is 6.92 Å². The minimum Gasteiger partial charge on any atom is -0.494 e.